The molecule has 0 spiro atoms. The SMILES string of the molecule is C[C@@H](Nc1nc(N)ncc1C#N)c1nc2cccc(-c3ccc(Cl)cc3)c2c(=O)n1-c1ccccc1. The minimum absolute atomic E-state index is 0.0308. The van der Waals surface area contributed by atoms with Gasteiger partial charge in [0.2, 0.25) is 5.95 Å². The molecule has 176 valence electrons. The Morgan fingerprint density at radius 2 is 1.78 bits per heavy atom. The Bertz CT molecular complexity index is 1680. The molecule has 0 bridgehead atoms. The molecule has 3 aromatic carbocycles. The summed E-state index contributed by atoms with van der Waals surface area (Å²) in [6, 6.07) is 23.8. The van der Waals surface area contributed by atoms with Crippen molar-refractivity contribution < 1.29 is 0 Å². The van der Waals surface area contributed by atoms with Gasteiger partial charge in [-0.3, -0.25) is 9.36 Å². The van der Waals surface area contributed by atoms with Crippen LogP contribution in [-0.2, 0) is 0 Å². The Labute approximate surface area is 211 Å². The topological polar surface area (TPSA) is 123 Å². The van der Waals surface area contributed by atoms with E-state index in [4.69, 9.17) is 22.3 Å². The van der Waals surface area contributed by atoms with E-state index in [0.717, 1.165) is 11.1 Å². The van der Waals surface area contributed by atoms with Crippen LogP contribution in [0.25, 0.3) is 27.7 Å². The predicted octanol–water partition coefficient (Wildman–Crippen LogP) is 5.12. The molecule has 5 aromatic rings. The molecule has 1 atom stereocenters. The molecule has 9 heteroatoms. The quantitative estimate of drug-likeness (QED) is 0.348. The number of hydrogen-bond donors (Lipinski definition) is 2. The van der Waals surface area contributed by atoms with Crippen LogP contribution in [0.3, 0.4) is 0 Å². The number of nitrogens with one attached hydrogen (secondary N) is 1. The van der Waals surface area contributed by atoms with Crippen LogP contribution >= 0.6 is 11.6 Å². The number of fused-ring (bicyclic) bond motifs is 1. The molecule has 5 rings (SSSR count). The molecule has 0 aliphatic heterocycles. The van der Waals surface area contributed by atoms with Crippen molar-refractivity contribution in [3.05, 3.63) is 106 Å². The van der Waals surface area contributed by atoms with Crippen LogP contribution in [0.15, 0.2) is 83.8 Å². The minimum Gasteiger partial charge on any atom is -0.368 e. The van der Waals surface area contributed by atoms with Crippen LogP contribution < -0.4 is 16.6 Å². The van der Waals surface area contributed by atoms with E-state index in [1.54, 1.807) is 16.7 Å². The van der Waals surface area contributed by atoms with Gasteiger partial charge in [0.05, 0.1) is 28.8 Å². The maximum Gasteiger partial charge on any atom is 0.266 e. The highest BCUT2D eigenvalue weighted by molar-refractivity contribution is 6.30. The molecule has 0 aliphatic carbocycles. The van der Waals surface area contributed by atoms with Gasteiger partial charge >= 0.3 is 0 Å². The fourth-order valence-electron chi connectivity index (χ4n) is 4.09. The number of para-hydroxylation sites is 1. The lowest BCUT2D eigenvalue weighted by Crippen LogP contribution is -2.28. The lowest BCUT2D eigenvalue weighted by molar-refractivity contribution is 0.731. The number of nitrogen functional groups attached to an aromatic ring is 1. The molecule has 36 heavy (non-hydrogen) atoms. The summed E-state index contributed by atoms with van der Waals surface area (Å²) in [6.45, 7) is 1.84. The molecule has 2 aromatic heterocycles. The largest absolute Gasteiger partial charge is 0.368 e. The number of benzene rings is 3. The van der Waals surface area contributed by atoms with Crippen molar-refractivity contribution in [1.29, 1.82) is 5.26 Å². The fourth-order valence-corrected chi connectivity index (χ4v) is 4.22. The van der Waals surface area contributed by atoms with Crippen molar-refractivity contribution in [1.82, 2.24) is 19.5 Å². The summed E-state index contributed by atoms with van der Waals surface area (Å²) in [5.41, 5.74) is 8.58. The second kappa shape index (κ2) is 9.49. The van der Waals surface area contributed by atoms with Crippen LogP contribution in [0.4, 0.5) is 11.8 Å². The minimum atomic E-state index is -0.511. The fraction of sp³-hybridized carbons (Fsp3) is 0.0741. The molecule has 8 nitrogen and oxygen atoms in total. The number of nitrogens with zero attached hydrogens (tertiary/aromatic N) is 5. The average molecular weight is 494 g/mol. The summed E-state index contributed by atoms with van der Waals surface area (Å²) in [5, 5.41) is 13.8. The molecule has 0 amide bonds. The maximum absolute atomic E-state index is 14.1. The summed E-state index contributed by atoms with van der Waals surface area (Å²) in [5.74, 6) is 0.748. The van der Waals surface area contributed by atoms with E-state index in [2.05, 4.69) is 21.4 Å². The highest BCUT2D eigenvalue weighted by Gasteiger charge is 2.21. The number of rotatable bonds is 5. The zero-order valence-corrected chi connectivity index (χ0v) is 19.9. The van der Waals surface area contributed by atoms with Crippen LogP contribution in [0.2, 0.25) is 5.02 Å². The molecule has 0 radical (unpaired) electrons. The molecular weight excluding hydrogens is 474 g/mol. The van der Waals surface area contributed by atoms with E-state index < -0.39 is 6.04 Å². The Hall–Kier alpha value is -4.74. The van der Waals surface area contributed by atoms with Gasteiger partial charge in [-0.05, 0) is 48.4 Å². The van der Waals surface area contributed by atoms with Gasteiger partial charge in [-0.1, -0.05) is 54.1 Å². The van der Waals surface area contributed by atoms with Gasteiger partial charge in [0.25, 0.3) is 5.56 Å². The lowest BCUT2D eigenvalue weighted by Gasteiger charge is -2.21. The van der Waals surface area contributed by atoms with Gasteiger partial charge in [0.15, 0.2) is 0 Å². The lowest BCUT2D eigenvalue weighted by atomic mass is 10.0. The zero-order valence-electron chi connectivity index (χ0n) is 19.2. The van der Waals surface area contributed by atoms with Gasteiger partial charge in [0.1, 0.15) is 23.3 Å². The van der Waals surface area contributed by atoms with Gasteiger partial charge in [0, 0.05) is 5.02 Å². The third-order valence-corrected chi connectivity index (χ3v) is 6.01. The Balaban J connectivity index is 1.74. The average Bonchev–Trinajstić information content (AvgIpc) is 2.89. The first kappa shape index (κ1) is 23.0. The van der Waals surface area contributed by atoms with Crippen molar-refractivity contribution in [2.24, 2.45) is 0 Å². The van der Waals surface area contributed by atoms with Crippen LogP contribution in [0.5, 0.6) is 0 Å². The second-order valence-corrected chi connectivity index (χ2v) is 8.56. The number of anilines is 2. The third kappa shape index (κ3) is 4.24. The molecule has 0 saturated heterocycles. The summed E-state index contributed by atoms with van der Waals surface area (Å²) in [7, 11) is 0. The molecule has 0 fully saturated rings. The molecule has 0 saturated carbocycles. The zero-order chi connectivity index (χ0) is 25.2. The van der Waals surface area contributed by atoms with Gasteiger partial charge in [-0.2, -0.15) is 10.2 Å². The Kier molecular flexibility index (Phi) is 6.07. The Morgan fingerprint density at radius 3 is 2.50 bits per heavy atom. The second-order valence-electron chi connectivity index (χ2n) is 8.12. The molecule has 0 aliphatic rings. The normalized spacial score (nSPS) is 11.7. The van der Waals surface area contributed by atoms with Crippen LogP contribution in [0, 0.1) is 11.3 Å². The number of hydrogen-bond acceptors (Lipinski definition) is 7. The van der Waals surface area contributed by atoms with E-state index in [1.165, 1.54) is 6.20 Å². The van der Waals surface area contributed by atoms with Crippen molar-refractivity contribution in [2.45, 2.75) is 13.0 Å². The standard InChI is InChI=1S/C27H20ClN7O/c1-16(32-24-18(14-29)15-31-27(30)34-24)25-33-22-9-5-8-21(17-10-12-19(28)13-11-17)23(22)26(36)35(25)20-6-3-2-4-7-20/h2-13,15-16H,1H3,(H3,30,31,32,34)/t16-/m1/s1. The van der Waals surface area contributed by atoms with Gasteiger partial charge in [-0.25, -0.2) is 9.97 Å². The number of aromatic nitrogens is 4. The van der Waals surface area contributed by atoms with E-state index in [1.807, 2.05) is 67.6 Å². The first-order valence-electron chi connectivity index (χ1n) is 11.1. The summed E-state index contributed by atoms with van der Waals surface area (Å²) >= 11 is 6.09. The van der Waals surface area contributed by atoms with Crippen molar-refractivity contribution in [3.63, 3.8) is 0 Å². The van der Waals surface area contributed by atoms with Gasteiger partial charge in [-0.15, -0.1) is 0 Å². The monoisotopic (exact) mass is 493 g/mol. The van der Waals surface area contributed by atoms with E-state index >= 15 is 0 Å². The first-order valence-corrected chi connectivity index (χ1v) is 11.5. The number of nitrogens with two attached hydrogens (primary N) is 1. The van der Waals surface area contributed by atoms with E-state index in [0.29, 0.717) is 27.4 Å². The molecule has 0 unspecified atom stereocenters. The Morgan fingerprint density at radius 1 is 1.03 bits per heavy atom. The predicted molar refractivity (Wildman–Crippen MR) is 141 cm³/mol. The van der Waals surface area contributed by atoms with Crippen molar-refractivity contribution >= 4 is 34.3 Å². The summed E-state index contributed by atoms with van der Waals surface area (Å²) < 4.78 is 1.58. The maximum atomic E-state index is 14.1. The number of nitriles is 1. The number of halogens is 1. The first-order chi connectivity index (χ1) is 17.5. The van der Waals surface area contributed by atoms with E-state index in [9.17, 15) is 10.1 Å². The van der Waals surface area contributed by atoms with Crippen LogP contribution in [-0.4, -0.2) is 19.5 Å². The molecular formula is C27H20ClN7O. The highest BCUT2D eigenvalue weighted by atomic mass is 35.5. The third-order valence-electron chi connectivity index (χ3n) is 5.76. The highest BCUT2D eigenvalue weighted by Crippen LogP contribution is 2.29. The molecule has 3 N–H and O–H groups in total. The van der Waals surface area contributed by atoms with Crippen molar-refractivity contribution in [3.8, 4) is 22.9 Å². The smallest absolute Gasteiger partial charge is 0.266 e. The van der Waals surface area contributed by atoms with Gasteiger partial charge < -0.3 is 11.1 Å². The summed E-state index contributed by atoms with van der Waals surface area (Å²) in [6.07, 6.45) is 1.36. The summed E-state index contributed by atoms with van der Waals surface area (Å²) in [4.78, 5) is 27.1. The van der Waals surface area contributed by atoms with E-state index in [-0.39, 0.29) is 22.9 Å². The van der Waals surface area contributed by atoms with Crippen LogP contribution in [0.1, 0.15) is 24.4 Å². The molecule has 2 heterocycles. The van der Waals surface area contributed by atoms with Crippen molar-refractivity contribution in [2.75, 3.05) is 11.1 Å².